The molecular weight excluding hydrogens is 206 g/mol. The minimum Gasteiger partial charge on any atom is -0.294 e. The van der Waals surface area contributed by atoms with Crippen LogP contribution in [0.5, 0.6) is 0 Å². The Morgan fingerprint density at radius 2 is 2.47 bits per heavy atom. The predicted molar refractivity (Wildman–Crippen MR) is 65.0 cm³/mol. The monoisotopic (exact) mass is 225 g/mol. The first-order chi connectivity index (χ1) is 7.25. The maximum atomic E-state index is 4.44. The smallest absolute Gasteiger partial charge is 0.0764 e. The van der Waals surface area contributed by atoms with E-state index in [1.807, 2.05) is 17.9 Å². The summed E-state index contributed by atoms with van der Waals surface area (Å²) >= 11 is 2.08. The van der Waals surface area contributed by atoms with Crippen LogP contribution in [0.15, 0.2) is 12.3 Å². The lowest BCUT2D eigenvalue weighted by atomic mass is 10.2. The Morgan fingerprint density at radius 3 is 3.20 bits per heavy atom. The van der Waals surface area contributed by atoms with E-state index in [-0.39, 0.29) is 0 Å². The zero-order valence-electron chi connectivity index (χ0n) is 9.52. The first-order valence-electron chi connectivity index (χ1n) is 5.56. The van der Waals surface area contributed by atoms with Crippen molar-refractivity contribution < 1.29 is 0 Å². The van der Waals surface area contributed by atoms with Crippen LogP contribution in [0.1, 0.15) is 19.0 Å². The largest absolute Gasteiger partial charge is 0.294 e. The van der Waals surface area contributed by atoms with Crippen molar-refractivity contribution in [2.45, 2.75) is 25.9 Å². The van der Waals surface area contributed by atoms with Gasteiger partial charge in [-0.3, -0.25) is 9.58 Å². The summed E-state index contributed by atoms with van der Waals surface area (Å²) in [6.45, 7) is 4.54. The van der Waals surface area contributed by atoms with E-state index >= 15 is 0 Å². The molecule has 1 aromatic rings. The maximum absolute atomic E-state index is 4.44. The second kappa shape index (κ2) is 5.03. The van der Waals surface area contributed by atoms with Crippen molar-refractivity contribution in [3.63, 3.8) is 0 Å². The summed E-state index contributed by atoms with van der Waals surface area (Å²) in [4.78, 5) is 2.54. The topological polar surface area (TPSA) is 21.1 Å². The molecule has 0 spiro atoms. The van der Waals surface area contributed by atoms with Crippen LogP contribution in [-0.4, -0.2) is 38.8 Å². The molecule has 15 heavy (non-hydrogen) atoms. The molecule has 0 aromatic carbocycles. The third-order valence-electron chi connectivity index (χ3n) is 2.85. The molecule has 0 saturated carbocycles. The number of aromatic nitrogens is 2. The number of thioether (sulfide) groups is 1. The van der Waals surface area contributed by atoms with Crippen molar-refractivity contribution in [3.8, 4) is 0 Å². The van der Waals surface area contributed by atoms with E-state index in [0.29, 0.717) is 6.04 Å². The molecule has 1 unspecified atom stereocenters. The Labute approximate surface area is 95.8 Å². The molecule has 1 aromatic heterocycles. The predicted octanol–water partition coefficient (Wildman–Crippen LogP) is 1.75. The number of rotatable bonds is 2. The minimum atomic E-state index is 0.680. The van der Waals surface area contributed by atoms with Crippen LogP contribution in [-0.2, 0) is 13.6 Å². The van der Waals surface area contributed by atoms with Gasteiger partial charge < -0.3 is 0 Å². The van der Waals surface area contributed by atoms with Crippen molar-refractivity contribution in [2.24, 2.45) is 7.05 Å². The molecule has 0 N–H and O–H groups in total. The third-order valence-corrected chi connectivity index (χ3v) is 4.15. The molecule has 2 heterocycles. The first-order valence-corrected chi connectivity index (χ1v) is 6.71. The van der Waals surface area contributed by atoms with E-state index < -0.39 is 0 Å². The lowest BCUT2D eigenvalue weighted by Crippen LogP contribution is -2.33. The second-order valence-corrected chi connectivity index (χ2v) is 5.38. The molecule has 0 aliphatic carbocycles. The fourth-order valence-electron chi connectivity index (χ4n) is 1.94. The van der Waals surface area contributed by atoms with Gasteiger partial charge in [-0.1, -0.05) is 0 Å². The van der Waals surface area contributed by atoms with Crippen molar-refractivity contribution in [1.29, 1.82) is 0 Å². The molecule has 1 aliphatic rings. The summed E-state index contributed by atoms with van der Waals surface area (Å²) in [5.41, 5.74) is 1.19. The fraction of sp³-hybridized carbons (Fsp3) is 0.727. The summed E-state index contributed by atoms with van der Waals surface area (Å²) in [5.74, 6) is 2.57. The Bertz CT molecular complexity index is 311. The Morgan fingerprint density at radius 1 is 1.60 bits per heavy atom. The van der Waals surface area contributed by atoms with Crippen LogP contribution in [0.4, 0.5) is 0 Å². The second-order valence-electron chi connectivity index (χ2n) is 4.23. The molecule has 84 valence electrons. The van der Waals surface area contributed by atoms with Crippen LogP contribution in [0, 0.1) is 0 Å². The summed E-state index contributed by atoms with van der Waals surface area (Å²) in [6, 6.07) is 2.80. The number of hydrogen-bond acceptors (Lipinski definition) is 3. The highest BCUT2D eigenvalue weighted by Gasteiger charge is 2.17. The van der Waals surface area contributed by atoms with E-state index in [4.69, 9.17) is 0 Å². The molecule has 0 bridgehead atoms. The van der Waals surface area contributed by atoms with Gasteiger partial charge >= 0.3 is 0 Å². The Kier molecular flexibility index (Phi) is 3.70. The van der Waals surface area contributed by atoms with Gasteiger partial charge in [-0.15, -0.1) is 0 Å². The zero-order chi connectivity index (χ0) is 10.7. The molecule has 1 aliphatic heterocycles. The summed E-state index contributed by atoms with van der Waals surface area (Å²) < 4.78 is 1.88. The molecule has 0 amide bonds. The van der Waals surface area contributed by atoms with Gasteiger partial charge in [0, 0.05) is 31.6 Å². The summed E-state index contributed by atoms with van der Waals surface area (Å²) in [7, 11) is 1.98. The number of aryl methyl sites for hydroxylation is 1. The molecule has 1 atom stereocenters. The van der Waals surface area contributed by atoms with Crippen molar-refractivity contribution >= 4 is 11.8 Å². The van der Waals surface area contributed by atoms with Gasteiger partial charge in [-0.25, -0.2) is 0 Å². The van der Waals surface area contributed by atoms with E-state index in [0.717, 1.165) is 6.54 Å². The zero-order valence-corrected chi connectivity index (χ0v) is 10.3. The highest BCUT2D eigenvalue weighted by atomic mass is 32.2. The Hall–Kier alpha value is -0.480. The highest BCUT2D eigenvalue weighted by molar-refractivity contribution is 7.99. The lowest BCUT2D eigenvalue weighted by molar-refractivity contribution is 0.217. The molecule has 4 heteroatoms. The van der Waals surface area contributed by atoms with Gasteiger partial charge in [0.25, 0.3) is 0 Å². The van der Waals surface area contributed by atoms with E-state index in [2.05, 4.69) is 34.8 Å². The number of nitrogens with zero attached hydrogens (tertiary/aromatic N) is 3. The van der Waals surface area contributed by atoms with Gasteiger partial charge in [0.05, 0.1) is 5.69 Å². The molecule has 3 nitrogen and oxygen atoms in total. The van der Waals surface area contributed by atoms with Gasteiger partial charge in [0.2, 0.25) is 0 Å². The van der Waals surface area contributed by atoms with Crippen LogP contribution >= 0.6 is 11.8 Å². The van der Waals surface area contributed by atoms with Crippen molar-refractivity contribution in [2.75, 3.05) is 18.1 Å². The van der Waals surface area contributed by atoms with Crippen molar-refractivity contribution in [3.05, 3.63) is 18.0 Å². The molecule has 1 saturated heterocycles. The standard InChI is InChI=1S/C11H19N3S/c1-10-9-15-7-3-5-14(10)8-11-4-6-13(2)12-11/h4,6,10H,3,5,7-9H2,1-2H3. The van der Waals surface area contributed by atoms with E-state index in [1.54, 1.807) is 0 Å². The average Bonchev–Trinajstić information content (AvgIpc) is 2.50. The minimum absolute atomic E-state index is 0.680. The van der Waals surface area contributed by atoms with Gasteiger partial charge in [-0.05, 0) is 31.7 Å². The Balaban J connectivity index is 1.97. The summed E-state index contributed by atoms with van der Waals surface area (Å²) in [5, 5.41) is 4.44. The first kappa shape index (κ1) is 11.0. The third kappa shape index (κ3) is 2.98. The SMILES string of the molecule is CC1CSCCCN1Cc1ccn(C)n1. The maximum Gasteiger partial charge on any atom is 0.0764 e. The van der Waals surface area contributed by atoms with Crippen LogP contribution in [0.3, 0.4) is 0 Å². The van der Waals surface area contributed by atoms with E-state index in [1.165, 1.54) is 30.2 Å². The lowest BCUT2D eigenvalue weighted by Gasteiger charge is -2.25. The average molecular weight is 225 g/mol. The summed E-state index contributed by atoms with van der Waals surface area (Å²) in [6.07, 6.45) is 3.33. The van der Waals surface area contributed by atoms with Crippen LogP contribution in [0.25, 0.3) is 0 Å². The van der Waals surface area contributed by atoms with E-state index in [9.17, 15) is 0 Å². The fourth-order valence-corrected chi connectivity index (χ4v) is 2.99. The normalized spacial score (nSPS) is 24.0. The van der Waals surface area contributed by atoms with Gasteiger partial charge in [-0.2, -0.15) is 16.9 Å². The number of hydrogen-bond donors (Lipinski definition) is 0. The highest BCUT2D eigenvalue weighted by Crippen LogP contribution is 2.17. The van der Waals surface area contributed by atoms with Gasteiger partial charge in [0.15, 0.2) is 0 Å². The molecule has 1 fully saturated rings. The molecular formula is C11H19N3S. The quantitative estimate of drug-likeness (QED) is 0.765. The van der Waals surface area contributed by atoms with Crippen LogP contribution < -0.4 is 0 Å². The molecule has 0 radical (unpaired) electrons. The van der Waals surface area contributed by atoms with Crippen molar-refractivity contribution in [1.82, 2.24) is 14.7 Å². The van der Waals surface area contributed by atoms with Crippen LogP contribution in [0.2, 0.25) is 0 Å². The molecule has 2 rings (SSSR count). The van der Waals surface area contributed by atoms with Gasteiger partial charge in [0.1, 0.15) is 0 Å².